The minimum atomic E-state index is -0.0153. The molecule has 4 heteroatoms. The van der Waals surface area contributed by atoms with Crippen LogP contribution in [0.4, 0.5) is 0 Å². The molecule has 0 unspecified atom stereocenters. The zero-order valence-electron chi connectivity index (χ0n) is 11.3. The predicted molar refractivity (Wildman–Crippen MR) is 73.4 cm³/mol. The monoisotopic (exact) mass is 263 g/mol. The Kier molecular flexibility index (Phi) is 4.80. The van der Waals surface area contributed by atoms with Gasteiger partial charge >= 0.3 is 0 Å². The van der Waals surface area contributed by atoms with E-state index >= 15 is 0 Å². The Bertz CT molecular complexity index is 429. The molecule has 0 saturated heterocycles. The maximum atomic E-state index is 12.4. The molecule has 4 nitrogen and oxygen atoms in total. The van der Waals surface area contributed by atoms with Gasteiger partial charge in [-0.3, -0.25) is 4.79 Å². The van der Waals surface area contributed by atoms with Gasteiger partial charge in [-0.25, -0.2) is 0 Å². The Balaban J connectivity index is 2.08. The van der Waals surface area contributed by atoms with Gasteiger partial charge in [0.05, 0.1) is 13.2 Å². The normalized spacial score (nSPS) is 14.2. The van der Waals surface area contributed by atoms with Crippen molar-refractivity contribution >= 4 is 5.91 Å². The second-order valence-corrected chi connectivity index (χ2v) is 4.83. The summed E-state index contributed by atoms with van der Waals surface area (Å²) in [4.78, 5) is 14.2. The van der Waals surface area contributed by atoms with Crippen molar-refractivity contribution in [3.05, 3.63) is 29.8 Å². The van der Waals surface area contributed by atoms with Gasteiger partial charge in [0.25, 0.3) is 5.91 Å². The molecule has 2 rings (SSSR count). The van der Waals surface area contributed by atoms with Crippen LogP contribution in [0.2, 0.25) is 0 Å². The number of aliphatic hydroxyl groups is 1. The summed E-state index contributed by atoms with van der Waals surface area (Å²) in [6.45, 7) is 3.11. The smallest absolute Gasteiger partial charge is 0.254 e. The topological polar surface area (TPSA) is 49.8 Å². The van der Waals surface area contributed by atoms with Crippen molar-refractivity contribution in [2.45, 2.75) is 32.2 Å². The van der Waals surface area contributed by atoms with Crippen molar-refractivity contribution in [1.82, 2.24) is 4.90 Å². The van der Waals surface area contributed by atoms with Crippen molar-refractivity contribution in [1.29, 1.82) is 0 Å². The molecule has 1 aromatic rings. The van der Waals surface area contributed by atoms with Crippen molar-refractivity contribution < 1.29 is 14.6 Å². The van der Waals surface area contributed by atoms with E-state index in [0.717, 1.165) is 25.0 Å². The highest BCUT2D eigenvalue weighted by molar-refractivity contribution is 5.95. The molecular weight excluding hydrogens is 242 g/mol. The lowest BCUT2D eigenvalue weighted by molar-refractivity contribution is 0.0707. The molecule has 0 bridgehead atoms. The Morgan fingerprint density at radius 1 is 1.47 bits per heavy atom. The van der Waals surface area contributed by atoms with E-state index in [1.807, 2.05) is 19.1 Å². The molecule has 1 saturated carbocycles. The number of aliphatic hydroxyl groups excluding tert-OH is 1. The molecule has 0 aromatic heterocycles. The van der Waals surface area contributed by atoms with Gasteiger partial charge in [-0.15, -0.1) is 0 Å². The van der Waals surface area contributed by atoms with Crippen LogP contribution in [0.15, 0.2) is 24.3 Å². The van der Waals surface area contributed by atoms with Crippen molar-refractivity contribution in [3.8, 4) is 5.75 Å². The van der Waals surface area contributed by atoms with E-state index in [-0.39, 0.29) is 12.5 Å². The molecule has 0 heterocycles. The summed E-state index contributed by atoms with van der Waals surface area (Å²) >= 11 is 0. The second-order valence-electron chi connectivity index (χ2n) is 4.83. The Morgan fingerprint density at radius 3 is 2.89 bits per heavy atom. The molecule has 1 aromatic carbocycles. The standard InChI is InChI=1S/C15H21NO3/c1-2-10-19-14-5-3-4-12(11-14)15(18)16(8-9-17)13-6-7-13/h3-5,11,13,17H,2,6-10H2,1H3. The van der Waals surface area contributed by atoms with Crippen LogP contribution in [0, 0.1) is 0 Å². The van der Waals surface area contributed by atoms with E-state index in [0.29, 0.717) is 24.8 Å². The van der Waals surface area contributed by atoms with E-state index in [1.165, 1.54) is 0 Å². The Labute approximate surface area is 114 Å². The van der Waals surface area contributed by atoms with E-state index in [9.17, 15) is 4.79 Å². The first kappa shape index (κ1) is 13.9. The Morgan fingerprint density at radius 2 is 2.26 bits per heavy atom. The quantitative estimate of drug-likeness (QED) is 0.819. The molecule has 1 aliphatic rings. The number of carbonyl (C=O) groups is 1. The fourth-order valence-electron chi connectivity index (χ4n) is 2.05. The molecule has 1 N–H and O–H groups in total. The summed E-state index contributed by atoms with van der Waals surface area (Å²) in [6, 6.07) is 7.58. The van der Waals surface area contributed by atoms with Gasteiger partial charge in [-0.05, 0) is 37.5 Å². The summed E-state index contributed by atoms with van der Waals surface area (Å²) in [5.74, 6) is 0.714. The van der Waals surface area contributed by atoms with Gasteiger partial charge in [-0.2, -0.15) is 0 Å². The third kappa shape index (κ3) is 3.70. The van der Waals surface area contributed by atoms with E-state index in [2.05, 4.69) is 0 Å². The molecule has 0 atom stereocenters. The lowest BCUT2D eigenvalue weighted by atomic mass is 10.2. The van der Waals surface area contributed by atoms with Crippen molar-refractivity contribution in [2.75, 3.05) is 19.8 Å². The number of carbonyl (C=O) groups excluding carboxylic acids is 1. The minimum absolute atomic E-state index is 0.00820. The minimum Gasteiger partial charge on any atom is -0.494 e. The van der Waals surface area contributed by atoms with Gasteiger partial charge in [0.2, 0.25) is 0 Å². The summed E-state index contributed by atoms with van der Waals surface area (Å²) in [5, 5.41) is 9.06. The van der Waals surface area contributed by atoms with Gasteiger partial charge in [0.15, 0.2) is 0 Å². The lowest BCUT2D eigenvalue weighted by Crippen LogP contribution is -2.35. The summed E-state index contributed by atoms with van der Waals surface area (Å²) in [5.41, 5.74) is 0.633. The SMILES string of the molecule is CCCOc1cccc(C(=O)N(CCO)C2CC2)c1. The molecule has 104 valence electrons. The summed E-state index contributed by atoms with van der Waals surface area (Å²) in [7, 11) is 0. The van der Waals surface area contributed by atoms with Crippen LogP contribution >= 0.6 is 0 Å². The third-order valence-electron chi connectivity index (χ3n) is 3.14. The molecule has 0 aliphatic heterocycles. The fourth-order valence-corrected chi connectivity index (χ4v) is 2.05. The number of ether oxygens (including phenoxy) is 1. The van der Waals surface area contributed by atoms with Crippen molar-refractivity contribution in [2.24, 2.45) is 0 Å². The number of hydrogen-bond acceptors (Lipinski definition) is 3. The number of nitrogens with zero attached hydrogens (tertiary/aromatic N) is 1. The molecule has 1 fully saturated rings. The summed E-state index contributed by atoms with van der Waals surface area (Å²) < 4.78 is 5.54. The molecule has 0 spiro atoms. The highest BCUT2D eigenvalue weighted by Crippen LogP contribution is 2.28. The lowest BCUT2D eigenvalue weighted by Gasteiger charge is -2.21. The Hall–Kier alpha value is -1.55. The fraction of sp³-hybridized carbons (Fsp3) is 0.533. The third-order valence-corrected chi connectivity index (χ3v) is 3.14. The first-order valence-corrected chi connectivity index (χ1v) is 6.91. The predicted octanol–water partition coefficient (Wildman–Crippen LogP) is 2.07. The number of amides is 1. The molecule has 0 radical (unpaired) electrons. The molecule has 1 aliphatic carbocycles. The average Bonchev–Trinajstić information content (AvgIpc) is 3.26. The second kappa shape index (κ2) is 6.57. The maximum absolute atomic E-state index is 12.4. The summed E-state index contributed by atoms with van der Waals surface area (Å²) in [6.07, 6.45) is 3.02. The first-order valence-electron chi connectivity index (χ1n) is 6.91. The van der Waals surface area contributed by atoms with Gasteiger partial charge in [-0.1, -0.05) is 13.0 Å². The van der Waals surface area contributed by atoms with Crippen LogP contribution in [0.5, 0.6) is 5.75 Å². The largest absolute Gasteiger partial charge is 0.494 e. The van der Waals surface area contributed by atoms with Crippen LogP contribution in [-0.2, 0) is 0 Å². The van der Waals surface area contributed by atoms with Gasteiger partial charge < -0.3 is 14.7 Å². The van der Waals surface area contributed by atoms with Crippen LogP contribution in [0.25, 0.3) is 0 Å². The van der Waals surface area contributed by atoms with Crippen molar-refractivity contribution in [3.63, 3.8) is 0 Å². The number of hydrogen-bond donors (Lipinski definition) is 1. The van der Waals surface area contributed by atoms with E-state index in [1.54, 1.807) is 17.0 Å². The zero-order valence-corrected chi connectivity index (χ0v) is 11.3. The molecule has 19 heavy (non-hydrogen) atoms. The first-order chi connectivity index (χ1) is 9.26. The average molecular weight is 263 g/mol. The van der Waals surface area contributed by atoms with E-state index < -0.39 is 0 Å². The highest BCUT2D eigenvalue weighted by Gasteiger charge is 2.32. The molecule has 1 amide bonds. The van der Waals surface area contributed by atoms with Gasteiger partial charge in [0.1, 0.15) is 5.75 Å². The van der Waals surface area contributed by atoms with E-state index in [4.69, 9.17) is 9.84 Å². The molecular formula is C15H21NO3. The van der Waals surface area contributed by atoms with Crippen LogP contribution in [-0.4, -0.2) is 41.7 Å². The highest BCUT2D eigenvalue weighted by atomic mass is 16.5. The van der Waals surface area contributed by atoms with Crippen LogP contribution < -0.4 is 4.74 Å². The number of benzene rings is 1. The number of rotatable bonds is 7. The van der Waals surface area contributed by atoms with Gasteiger partial charge in [0, 0.05) is 18.2 Å². The van der Waals surface area contributed by atoms with Crippen LogP contribution in [0.3, 0.4) is 0 Å². The maximum Gasteiger partial charge on any atom is 0.254 e. The zero-order chi connectivity index (χ0) is 13.7. The van der Waals surface area contributed by atoms with Crippen LogP contribution in [0.1, 0.15) is 36.5 Å².